The second-order valence-electron chi connectivity index (χ2n) is 8.13. The van der Waals surface area contributed by atoms with E-state index in [1.807, 2.05) is 12.2 Å². The van der Waals surface area contributed by atoms with E-state index in [1.54, 1.807) is 0 Å². The number of ketones is 1. The van der Waals surface area contributed by atoms with Crippen LogP contribution in [0.15, 0.2) is 24.3 Å². The Labute approximate surface area is 139 Å². The van der Waals surface area contributed by atoms with E-state index in [2.05, 4.69) is 12.5 Å². The third-order valence-corrected chi connectivity index (χ3v) is 7.62. The van der Waals surface area contributed by atoms with Gasteiger partial charge in [0, 0.05) is 11.8 Å². The maximum absolute atomic E-state index is 11.7. The van der Waals surface area contributed by atoms with Crippen LogP contribution in [-0.4, -0.2) is 16.5 Å². The number of aliphatic hydroxyl groups is 1. The highest BCUT2D eigenvalue weighted by Gasteiger charge is 2.62. The monoisotopic (exact) mass is 310 g/mol. The number of terminal acetylenes is 1. The molecule has 23 heavy (non-hydrogen) atoms. The van der Waals surface area contributed by atoms with Gasteiger partial charge in [0.1, 0.15) is 5.60 Å². The Morgan fingerprint density at radius 1 is 1.22 bits per heavy atom. The molecule has 3 fully saturated rings. The molecule has 6 atom stereocenters. The van der Waals surface area contributed by atoms with Crippen molar-refractivity contribution in [1.82, 2.24) is 0 Å². The highest BCUT2D eigenvalue weighted by molar-refractivity contribution is 5.91. The van der Waals surface area contributed by atoms with Gasteiger partial charge in [-0.1, -0.05) is 17.6 Å². The molecule has 2 heteroatoms. The minimum Gasteiger partial charge on any atom is -0.377 e. The van der Waals surface area contributed by atoms with Crippen LogP contribution >= 0.6 is 0 Å². The molecule has 0 heterocycles. The van der Waals surface area contributed by atoms with E-state index in [1.165, 1.54) is 5.57 Å². The SMILES string of the molecule is C#CC1(O)CCC2[C@@H]3CCC4=CC(=O)CC[C@@H]4C3CC[C@@]21C=C. The first-order valence-electron chi connectivity index (χ1n) is 9.12. The summed E-state index contributed by atoms with van der Waals surface area (Å²) in [6.45, 7) is 4.08. The number of rotatable bonds is 1. The van der Waals surface area contributed by atoms with Crippen molar-refractivity contribution in [3.63, 3.8) is 0 Å². The lowest BCUT2D eigenvalue weighted by atomic mass is 9.50. The number of hydrogen-bond acceptors (Lipinski definition) is 2. The van der Waals surface area contributed by atoms with E-state index in [0.717, 1.165) is 38.5 Å². The lowest BCUT2D eigenvalue weighted by molar-refractivity contribution is -0.116. The van der Waals surface area contributed by atoms with E-state index in [9.17, 15) is 9.90 Å². The number of hydrogen-bond donors (Lipinski definition) is 1. The van der Waals surface area contributed by atoms with Crippen LogP contribution in [0.25, 0.3) is 0 Å². The highest BCUT2D eigenvalue weighted by atomic mass is 16.3. The Morgan fingerprint density at radius 2 is 2.04 bits per heavy atom. The summed E-state index contributed by atoms with van der Waals surface area (Å²) in [4.78, 5) is 11.7. The largest absolute Gasteiger partial charge is 0.377 e. The van der Waals surface area contributed by atoms with Crippen LogP contribution in [0.2, 0.25) is 0 Å². The van der Waals surface area contributed by atoms with Crippen LogP contribution in [0.4, 0.5) is 0 Å². The lowest BCUT2D eigenvalue weighted by Gasteiger charge is -2.55. The summed E-state index contributed by atoms with van der Waals surface area (Å²) in [6.07, 6.45) is 17.3. The topological polar surface area (TPSA) is 37.3 Å². The maximum atomic E-state index is 11.7. The molecular weight excluding hydrogens is 284 g/mol. The third kappa shape index (κ3) is 1.89. The zero-order valence-corrected chi connectivity index (χ0v) is 13.8. The van der Waals surface area contributed by atoms with E-state index >= 15 is 0 Å². The normalized spacial score (nSPS) is 48.5. The van der Waals surface area contributed by atoms with Crippen LogP contribution in [0.1, 0.15) is 51.4 Å². The Hall–Kier alpha value is -1.33. The minimum absolute atomic E-state index is 0.297. The summed E-state index contributed by atoms with van der Waals surface area (Å²) in [5, 5.41) is 11.0. The van der Waals surface area contributed by atoms with E-state index in [4.69, 9.17) is 6.42 Å². The third-order valence-electron chi connectivity index (χ3n) is 7.62. The van der Waals surface area contributed by atoms with Crippen LogP contribution in [0.5, 0.6) is 0 Å². The molecule has 4 aliphatic rings. The molecule has 1 N–H and O–H groups in total. The fourth-order valence-electron chi connectivity index (χ4n) is 6.56. The van der Waals surface area contributed by atoms with Gasteiger partial charge in [0.2, 0.25) is 0 Å². The van der Waals surface area contributed by atoms with Gasteiger partial charge in [-0.2, -0.15) is 0 Å². The smallest absolute Gasteiger partial charge is 0.155 e. The van der Waals surface area contributed by atoms with Crippen molar-refractivity contribution in [1.29, 1.82) is 0 Å². The molecule has 0 bridgehead atoms. The summed E-state index contributed by atoms with van der Waals surface area (Å²) in [5.74, 6) is 5.37. The van der Waals surface area contributed by atoms with Gasteiger partial charge in [-0.15, -0.1) is 13.0 Å². The first-order valence-corrected chi connectivity index (χ1v) is 9.12. The van der Waals surface area contributed by atoms with Crippen LogP contribution in [0.3, 0.4) is 0 Å². The molecule has 3 unspecified atom stereocenters. The second-order valence-corrected chi connectivity index (χ2v) is 8.13. The van der Waals surface area contributed by atoms with Crippen molar-refractivity contribution >= 4 is 5.78 Å². The number of carbonyl (C=O) groups excluding carboxylic acids is 1. The van der Waals surface area contributed by atoms with Crippen molar-refractivity contribution in [3.05, 3.63) is 24.3 Å². The highest BCUT2D eigenvalue weighted by Crippen LogP contribution is 2.65. The van der Waals surface area contributed by atoms with Gasteiger partial charge in [-0.05, 0) is 74.7 Å². The fraction of sp³-hybridized carbons (Fsp3) is 0.667. The first kappa shape index (κ1) is 15.2. The molecule has 0 spiro atoms. The Bertz CT molecular complexity index is 624. The molecule has 3 saturated carbocycles. The van der Waals surface area contributed by atoms with Crippen molar-refractivity contribution in [3.8, 4) is 12.3 Å². The van der Waals surface area contributed by atoms with Gasteiger partial charge < -0.3 is 5.11 Å². The van der Waals surface area contributed by atoms with Crippen molar-refractivity contribution < 1.29 is 9.90 Å². The Kier molecular flexibility index (Phi) is 3.36. The molecule has 0 radical (unpaired) electrons. The van der Waals surface area contributed by atoms with Crippen LogP contribution in [-0.2, 0) is 4.79 Å². The van der Waals surface area contributed by atoms with Crippen LogP contribution < -0.4 is 0 Å². The van der Waals surface area contributed by atoms with E-state index in [0.29, 0.717) is 42.3 Å². The molecule has 2 nitrogen and oxygen atoms in total. The zero-order valence-electron chi connectivity index (χ0n) is 13.8. The summed E-state index contributed by atoms with van der Waals surface area (Å²) in [6, 6.07) is 0. The average molecular weight is 310 g/mol. The van der Waals surface area contributed by atoms with Gasteiger partial charge in [-0.25, -0.2) is 0 Å². The van der Waals surface area contributed by atoms with E-state index < -0.39 is 5.60 Å². The van der Waals surface area contributed by atoms with E-state index in [-0.39, 0.29) is 5.41 Å². The molecule has 122 valence electrons. The molecule has 0 aromatic carbocycles. The van der Waals surface area contributed by atoms with Crippen molar-refractivity contribution in [2.24, 2.45) is 29.1 Å². The average Bonchev–Trinajstić information content (AvgIpc) is 2.88. The molecule has 0 aromatic rings. The second kappa shape index (κ2) is 5.08. The maximum Gasteiger partial charge on any atom is 0.155 e. The lowest BCUT2D eigenvalue weighted by Crippen LogP contribution is -2.52. The van der Waals surface area contributed by atoms with Gasteiger partial charge in [0.15, 0.2) is 5.78 Å². The molecule has 0 saturated heterocycles. The van der Waals surface area contributed by atoms with Gasteiger partial charge >= 0.3 is 0 Å². The van der Waals surface area contributed by atoms with Gasteiger partial charge in [0.05, 0.1) is 0 Å². The Morgan fingerprint density at radius 3 is 2.78 bits per heavy atom. The number of allylic oxidation sites excluding steroid dienone is 1. The van der Waals surface area contributed by atoms with Crippen molar-refractivity contribution in [2.45, 2.75) is 57.0 Å². The standard InChI is InChI=1S/C21H26O2/c1-3-20-11-9-17-16-8-6-15(22)13-14(16)5-7-18(17)19(20)10-12-21(20,23)4-2/h2-3,13,16-19,23H,1,5-12H2/t16-,17?,18+,19?,20-,21?/m0/s1. The molecule has 0 aromatic heterocycles. The molecule has 4 aliphatic carbocycles. The molecule has 0 aliphatic heterocycles. The molecular formula is C21H26O2. The van der Waals surface area contributed by atoms with Crippen LogP contribution in [0, 0.1) is 41.4 Å². The predicted octanol–water partition coefficient (Wildman–Crippen LogP) is 3.66. The van der Waals surface area contributed by atoms with Crippen molar-refractivity contribution in [2.75, 3.05) is 0 Å². The summed E-state index contributed by atoms with van der Waals surface area (Å²) in [7, 11) is 0. The van der Waals surface area contributed by atoms with Gasteiger partial charge in [0.25, 0.3) is 0 Å². The predicted molar refractivity (Wildman–Crippen MR) is 90.4 cm³/mol. The zero-order chi connectivity index (χ0) is 16.2. The summed E-state index contributed by atoms with van der Waals surface area (Å²) in [5.41, 5.74) is 0.0938. The quantitative estimate of drug-likeness (QED) is 0.593. The fourth-order valence-corrected chi connectivity index (χ4v) is 6.56. The summed E-state index contributed by atoms with van der Waals surface area (Å²) >= 11 is 0. The minimum atomic E-state index is -1.01. The van der Waals surface area contributed by atoms with Gasteiger partial charge in [-0.3, -0.25) is 4.79 Å². The Balaban J connectivity index is 1.68. The molecule has 4 rings (SSSR count). The number of fused-ring (bicyclic) bond motifs is 5. The first-order chi connectivity index (χ1) is 11.0. The number of carbonyl (C=O) groups is 1. The summed E-state index contributed by atoms with van der Waals surface area (Å²) < 4.78 is 0. The molecule has 0 amide bonds.